The summed E-state index contributed by atoms with van der Waals surface area (Å²) in [5.74, 6) is 0.982. The minimum atomic E-state index is -0.468. The number of likely N-dealkylation sites (tertiary alicyclic amines) is 1. The number of fused-ring (bicyclic) bond motifs is 2. The van der Waals surface area contributed by atoms with Crippen LogP contribution in [0.1, 0.15) is 66.3 Å². The summed E-state index contributed by atoms with van der Waals surface area (Å²) in [6.07, 6.45) is 3.41. The molecule has 2 aliphatic rings. The molecule has 1 fully saturated rings. The van der Waals surface area contributed by atoms with E-state index in [0.717, 1.165) is 25.2 Å². The smallest absolute Gasteiger partial charge is 0.410 e. The van der Waals surface area contributed by atoms with Crippen LogP contribution in [0.2, 0.25) is 0 Å². The van der Waals surface area contributed by atoms with Crippen LogP contribution in [-0.2, 0) is 10.3 Å². The number of aromatic nitrogens is 3. The number of rotatable bonds is 4. The maximum atomic E-state index is 12.3. The van der Waals surface area contributed by atoms with Gasteiger partial charge in [-0.25, -0.2) is 14.5 Å². The summed E-state index contributed by atoms with van der Waals surface area (Å²) in [6.45, 7) is 14.6. The van der Waals surface area contributed by atoms with Crippen LogP contribution in [-0.4, -0.2) is 51.0 Å². The van der Waals surface area contributed by atoms with Crippen LogP contribution >= 0.6 is 0 Å². The fraction of sp³-hybridized carbons (Fsp3) is 0.833. The third-order valence-corrected chi connectivity index (χ3v) is 5.33. The van der Waals surface area contributed by atoms with Gasteiger partial charge in [0.2, 0.25) is 0 Å². The molecular formula is C18H31N5O2. The number of amides is 1. The molecule has 3 rings (SSSR count). The zero-order valence-corrected chi connectivity index (χ0v) is 16.3. The monoisotopic (exact) mass is 349 g/mol. The Balaban J connectivity index is 1.65. The average molecular weight is 349 g/mol. The zero-order valence-electron chi connectivity index (χ0n) is 16.3. The van der Waals surface area contributed by atoms with Crippen molar-refractivity contribution in [2.45, 2.75) is 71.6 Å². The van der Waals surface area contributed by atoms with Gasteiger partial charge in [0, 0.05) is 6.54 Å². The Hall–Kier alpha value is -1.63. The molecule has 1 amide bonds. The van der Waals surface area contributed by atoms with Gasteiger partial charge in [0.1, 0.15) is 23.3 Å². The minimum Gasteiger partial charge on any atom is -0.444 e. The lowest BCUT2D eigenvalue weighted by atomic mass is 9.86. The maximum absolute atomic E-state index is 12.3. The molecule has 0 bridgehead atoms. The fourth-order valence-electron chi connectivity index (χ4n) is 3.48. The standard InChI is InChI=1S/C18H31N5O2/c1-7-17(5,6)9-19-13-8-18(23-14(13)20-12-21-23)10-22(11-18)15(24)25-16(2,3)4/h12-13,19H,7-11H2,1-6H3. The minimum absolute atomic E-state index is 0.142. The topological polar surface area (TPSA) is 72.3 Å². The number of carbonyl (C=O) groups excluding carboxylic acids is 1. The molecule has 1 unspecified atom stereocenters. The highest BCUT2D eigenvalue weighted by Crippen LogP contribution is 2.44. The van der Waals surface area contributed by atoms with Crippen molar-refractivity contribution in [3.8, 4) is 0 Å². The van der Waals surface area contributed by atoms with Gasteiger partial charge in [0.05, 0.1) is 19.1 Å². The van der Waals surface area contributed by atoms with E-state index in [4.69, 9.17) is 4.74 Å². The van der Waals surface area contributed by atoms with E-state index in [1.807, 2.05) is 25.5 Å². The Labute approximate surface area is 150 Å². The molecule has 0 radical (unpaired) electrons. The van der Waals surface area contributed by atoms with E-state index in [-0.39, 0.29) is 23.1 Å². The number of hydrogen-bond donors (Lipinski definition) is 1. The average Bonchev–Trinajstić information content (AvgIpc) is 3.02. The lowest BCUT2D eigenvalue weighted by Crippen LogP contribution is -2.64. The molecular weight excluding hydrogens is 318 g/mol. The molecule has 1 aromatic rings. The van der Waals surface area contributed by atoms with E-state index in [9.17, 15) is 4.79 Å². The summed E-state index contributed by atoms with van der Waals surface area (Å²) in [6, 6.07) is 0.189. The van der Waals surface area contributed by atoms with E-state index in [1.54, 1.807) is 11.2 Å². The second-order valence-electron chi connectivity index (χ2n) is 9.25. The Bertz CT molecular complexity index is 640. The van der Waals surface area contributed by atoms with Crippen molar-refractivity contribution in [2.75, 3.05) is 19.6 Å². The number of ether oxygens (including phenoxy) is 1. The first-order chi connectivity index (χ1) is 11.6. The van der Waals surface area contributed by atoms with Crippen LogP contribution < -0.4 is 5.32 Å². The van der Waals surface area contributed by atoms with Gasteiger partial charge in [0.25, 0.3) is 0 Å². The van der Waals surface area contributed by atoms with Crippen LogP contribution in [0.25, 0.3) is 0 Å². The largest absolute Gasteiger partial charge is 0.444 e. The molecule has 140 valence electrons. The van der Waals surface area contributed by atoms with E-state index in [2.05, 4.69) is 36.2 Å². The fourth-order valence-corrected chi connectivity index (χ4v) is 3.48. The molecule has 7 nitrogen and oxygen atoms in total. The van der Waals surface area contributed by atoms with Crippen molar-refractivity contribution in [1.82, 2.24) is 25.0 Å². The number of nitrogens with one attached hydrogen (secondary N) is 1. The highest BCUT2D eigenvalue weighted by atomic mass is 16.6. The predicted octanol–water partition coefficient (Wildman–Crippen LogP) is 2.69. The lowest BCUT2D eigenvalue weighted by Gasteiger charge is -2.47. The van der Waals surface area contributed by atoms with Gasteiger partial charge in [-0.1, -0.05) is 20.8 Å². The second kappa shape index (κ2) is 5.97. The molecule has 1 spiro atoms. The SMILES string of the molecule is CCC(C)(C)CNC1CC2(CN(C(=O)OC(C)(C)C)C2)n2ncnc21. The van der Waals surface area contributed by atoms with E-state index >= 15 is 0 Å². The predicted molar refractivity (Wildman–Crippen MR) is 95.2 cm³/mol. The summed E-state index contributed by atoms with van der Waals surface area (Å²) in [5.41, 5.74) is -0.358. The first-order valence-corrected chi connectivity index (χ1v) is 9.17. The Morgan fingerprint density at radius 1 is 1.36 bits per heavy atom. The highest BCUT2D eigenvalue weighted by molar-refractivity contribution is 5.69. The quantitative estimate of drug-likeness (QED) is 0.905. The van der Waals surface area contributed by atoms with Crippen molar-refractivity contribution in [3.05, 3.63) is 12.2 Å². The molecule has 1 saturated heterocycles. The van der Waals surface area contributed by atoms with Gasteiger partial charge in [-0.15, -0.1) is 0 Å². The van der Waals surface area contributed by atoms with Gasteiger partial charge >= 0.3 is 6.09 Å². The molecule has 0 aromatic carbocycles. The molecule has 1 atom stereocenters. The van der Waals surface area contributed by atoms with Gasteiger partial charge in [-0.05, 0) is 39.0 Å². The zero-order chi connectivity index (χ0) is 18.5. The highest BCUT2D eigenvalue weighted by Gasteiger charge is 2.55. The molecule has 25 heavy (non-hydrogen) atoms. The summed E-state index contributed by atoms with van der Waals surface area (Å²) < 4.78 is 7.49. The van der Waals surface area contributed by atoms with Crippen LogP contribution in [0.3, 0.4) is 0 Å². The van der Waals surface area contributed by atoms with E-state index < -0.39 is 5.60 Å². The lowest BCUT2D eigenvalue weighted by molar-refractivity contribution is -0.0314. The Morgan fingerprint density at radius 3 is 2.64 bits per heavy atom. The summed E-state index contributed by atoms with van der Waals surface area (Å²) in [7, 11) is 0. The van der Waals surface area contributed by atoms with Crippen LogP contribution in [0.5, 0.6) is 0 Å². The third kappa shape index (κ3) is 3.52. The van der Waals surface area contributed by atoms with Crippen molar-refractivity contribution >= 4 is 6.09 Å². The number of hydrogen-bond acceptors (Lipinski definition) is 5. The molecule has 1 aromatic heterocycles. The van der Waals surface area contributed by atoms with Gasteiger partial charge < -0.3 is 15.0 Å². The van der Waals surface area contributed by atoms with Crippen LogP contribution in [0.15, 0.2) is 6.33 Å². The molecule has 0 aliphatic carbocycles. The Morgan fingerprint density at radius 2 is 2.04 bits per heavy atom. The van der Waals surface area contributed by atoms with Crippen LogP contribution in [0.4, 0.5) is 4.79 Å². The first kappa shape index (κ1) is 18.2. The van der Waals surface area contributed by atoms with Gasteiger partial charge in [-0.3, -0.25) is 0 Å². The molecule has 3 heterocycles. The summed E-state index contributed by atoms with van der Waals surface area (Å²) in [5, 5.41) is 8.10. The summed E-state index contributed by atoms with van der Waals surface area (Å²) in [4.78, 5) is 18.5. The molecule has 2 aliphatic heterocycles. The van der Waals surface area contributed by atoms with Crippen molar-refractivity contribution in [1.29, 1.82) is 0 Å². The first-order valence-electron chi connectivity index (χ1n) is 9.17. The van der Waals surface area contributed by atoms with Crippen molar-refractivity contribution in [3.63, 3.8) is 0 Å². The van der Waals surface area contributed by atoms with E-state index in [1.165, 1.54) is 0 Å². The number of nitrogens with zero attached hydrogens (tertiary/aromatic N) is 4. The molecule has 7 heteroatoms. The molecule has 1 N–H and O–H groups in total. The summed E-state index contributed by atoms with van der Waals surface area (Å²) >= 11 is 0. The normalized spacial score (nSPS) is 22.0. The second-order valence-corrected chi connectivity index (χ2v) is 9.25. The number of carbonyl (C=O) groups is 1. The van der Waals surface area contributed by atoms with E-state index in [0.29, 0.717) is 13.1 Å². The van der Waals surface area contributed by atoms with Crippen LogP contribution in [0, 0.1) is 5.41 Å². The van der Waals surface area contributed by atoms with Gasteiger partial charge in [0.15, 0.2) is 0 Å². The van der Waals surface area contributed by atoms with Gasteiger partial charge in [-0.2, -0.15) is 5.10 Å². The molecule has 0 saturated carbocycles. The maximum Gasteiger partial charge on any atom is 0.410 e. The Kier molecular flexibility index (Phi) is 4.34. The van der Waals surface area contributed by atoms with Crippen molar-refractivity contribution < 1.29 is 9.53 Å². The van der Waals surface area contributed by atoms with Crippen molar-refractivity contribution in [2.24, 2.45) is 5.41 Å². The third-order valence-electron chi connectivity index (χ3n) is 5.33.